The molecule has 0 heterocycles. The highest BCUT2D eigenvalue weighted by molar-refractivity contribution is 9.10. The van der Waals surface area contributed by atoms with Crippen LogP contribution in [0.4, 0.5) is 15.8 Å². The molecule has 0 atom stereocenters. The molecule has 21 heavy (non-hydrogen) atoms. The van der Waals surface area contributed by atoms with E-state index in [2.05, 4.69) is 21.2 Å². The van der Waals surface area contributed by atoms with Gasteiger partial charge in [-0.15, -0.1) is 0 Å². The number of primary amides is 1. The first-order valence-electron chi connectivity index (χ1n) is 5.84. The summed E-state index contributed by atoms with van der Waals surface area (Å²) in [7, 11) is 0. The lowest BCUT2D eigenvalue weighted by Crippen LogP contribution is -2.15. The molecule has 0 unspecified atom stereocenters. The maximum Gasteiger partial charge on any atom is 0.256 e. The van der Waals surface area contributed by atoms with E-state index in [4.69, 9.17) is 11.5 Å². The molecule has 7 heteroatoms. The average molecular weight is 352 g/mol. The zero-order valence-corrected chi connectivity index (χ0v) is 12.3. The molecule has 0 radical (unpaired) electrons. The van der Waals surface area contributed by atoms with Gasteiger partial charge in [-0.05, 0) is 46.3 Å². The SMILES string of the molecule is NC(=O)c1cccc(NC(=O)c2cc(N)c(F)cc2Br)c1. The summed E-state index contributed by atoms with van der Waals surface area (Å²) in [6.45, 7) is 0. The van der Waals surface area contributed by atoms with Crippen molar-refractivity contribution in [3.8, 4) is 0 Å². The van der Waals surface area contributed by atoms with Crippen LogP contribution in [0.5, 0.6) is 0 Å². The Labute approximate surface area is 128 Å². The Morgan fingerprint density at radius 2 is 1.90 bits per heavy atom. The minimum absolute atomic E-state index is 0.130. The van der Waals surface area contributed by atoms with Crippen LogP contribution in [-0.4, -0.2) is 11.8 Å². The predicted molar refractivity (Wildman–Crippen MR) is 81.4 cm³/mol. The number of carbonyl (C=O) groups excluding carboxylic acids is 2. The summed E-state index contributed by atoms with van der Waals surface area (Å²) in [5, 5.41) is 2.59. The number of nitrogens with one attached hydrogen (secondary N) is 1. The molecule has 0 aliphatic rings. The number of nitrogens with two attached hydrogens (primary N) is 2. The van der Waals surface area contributed by atoms with Crippen molar-refractivity contribution in [2.45, 2.75) is 0 Å². The van der Waals surface area contributed by atoms with Crippen molar-refractivity contribution < 1.29 is 14.0 Å². The molecule has 2 aromatic carbocycles. The summed E-state index contributed by atoms with van der Waals surface area (Å²) in [5.41, 5.74) is 11.3. The molecule has 2 aromatic rings. The van der Waals surface area contributed by atoms with Crippen molar-refractivity contribution >= 4 is 39.1 Å². The molecular weight excluding hydrogens is 341 g/mol. The Hall–Kier alpha value is -2.41. The Bertz CT molecular complexity index is 734. The first-order valence-corrected chi connectivity index (χ1v) is 6.63. The summed E-state index contributed by atoms with van der Waals surface area (Å²) < 4.78 is 13.5. The number of benzene rings is 2. The van der Waals surface area contributed by atoms with Crippen LogP contribution in [0.15, 0.2) is 40.9 Å². The highest BCUT2D eigenvalue weighted by Crippen LogP contribution is 2.24. The van der Waals surface area contributed by atoms with E-state index < -0.39 is 17.6 Å². The number of nitrogen functional groups attached to an aromatic ring is 1. The van der Waals surface area contributed by atoms with Crippen LogP contribution in [0.2, 0.25) is 0 Å². The molecule has 0 aliphatic carbocycles. The zero-order valence-electron chi connectivity index (χ0n) is 10.7. The molecule has 2 rings (SSSR count). The Balaban J connectivity index is 2.28. The van der Waals surface area contributed by atoms with Gasteiger partial charge >= 0.3 is 0 Å². The van der Waals surface area contributed by atoms with Crippen LogP contribution in [0.25, 0.3) is 0 Å². The summed E-state index contributed by atoms with van der Waals surface area (Å²) in [6, 6.07) is 8.51. The molecule has 0 fully saturated rings. The first kappa shape index (κ1) is 15.0. The second-order valence-electron chi connectivity index (χ2n) is 4.25. The van der Waals surface area contributed by atoms with Crippen molar-refractivity contribution in [3.05, 3.63) is 57.8 Å². The van der Waals surface area contributed by atoms with E-state index >= 15 is 0 Å². The lowest BCUT2D eigenvalue weighted by atomic mass is 10.1. The second kappa shape index (κ2) is 5.92. The number of carbonyl (C=O) groups is 2. The third-order valence-corrected chi connectivity index (χ3v) is 3.39. The van der Waals surface area contributed by atoms with Gasteiger partial charge in [0, 0.05) is 15.7 Å². The van der Waals surface area contributed by atoms with E-state index in [1.165, 1.54) is 18.2 Å². The van der Waals surface area contributed by atoms with Gasteiger partial charge in [0.25, 0.3) is 5.91 Å². The molecule has 0 aromatic heterocycles. The van der Waals surface area contributed by atoms with E-state index in [-0.39, 0.29) is 21.3 Å². The number of halogens is 2. The summed E-state index contributed by atoms with van der Waals surface area (Å²) >= 11 is 3.10. The Morgan fingerprint density at radius 1 is 1.19 bits per heavy atom. The fraction of sp³-hybridized carbons (Fsp3) is 0. The topological polar surface area (TPSA) is 98.2 Å². The number of rotatable bonds is 3. The summed E-state index contributed by atoms with van der Waals surface area (Å²) in [5.74, 6) is -1.71. The third kappa shape index (κ3) is 3.38. The first-order chi connectivity index (χ1) is 9.88. The van der Waals surface area contributed by atoms with Crippen molar-refractivity contribution in [2.24, 2.45) is 5.73 Å². The van der Waals surface area contributed by atoms with Crippen LogP contribution in [0.3, 0.4) is 0 Å². The van der Waals surface area contributed by atoms with Crippen molar-refractivity contribution in [3.63, 3.8) is 0 Å². The molecule has 108 valence electrons. The standard InChI is InChI=1S/C14H11BrFN3O2/c15-10-6-11(16)12(17)5-9(10)14(21)19-8-3-1-2-7(4-8)13(18)20/h1-6H,17H2,(H2,18,20)(H,19,21). The van der Waals surface area contributed by atoms with Gasteiger partial charge in [-0.2, -0.15) is 0 Å². The maximum atomic E-state index is 13.3. The van der Waals surface area contributed by atoms with Gasteiger partial charge < -0.3 is 16.8 Å². The smallest absolute Gasteiger partial charge is 0.256 e. The maximum absolute atomic E-state index is 13.3. The van der Waals surface area contributed by atoms with Gasteiger partial charge in [0.1, 0.15) is 5.82 Å². The summed E-state index contributed by atoms with van der Waals surface area (Å²) in [4.78, 5) is 23.2. The van der Waals surface area contributed by atoms with E-state index in [0.717, 1.165) is 6.07 Å². The lowest BCUT2D eigenvalue weighted by molar-refractivity contribution is 0.0996. The molecular formula is C14H11BrFN3O2. The minimum Gasteiger partial charge on any atom is -0.396 e. The van der Waals surface area contributed by atoms with Crippen LogP contribution in [0, 0.1) is 5.82 Å². The third-order valence-electron chi connectivity index (χ3n) is 2.74. The normalized spacial score (nSPS) is 10.2. The average Bonchev–Trinajstić information content (AvgIpc) is 2.43. The van der Waals surface area contributed by atoms with Gasteiger partial charge in [-0.3, -0.25) is 9.59 Å². The number of hydrogen-bond acceptors (Lipinski definition) is 3. The molecule has 0 bridgehead atoms. The van der Waals surface area contributed by atoms with Gasteiger partial charge in [-0.1, -0.05) is 6.07 Å². The number of hydrogen-bond donors (Lipinski definition) is 3. The fourth-order valence-corrected chi connectivity index (χ4v) is 2.18. The molecule has 5 nitrogen and oxygen atoms in total. The summed E-state index contributed by atoms with van der Waals surface area (Å²) in [6.07, 6.45) is 0. The van der Waals surface area contributed by atoms with E-state index in [0.29, 0.717) is 5.69 Å². The minimum atomic E-state index is -0.617. The largest absolute Gasteiger partial charge is 0.396 e. The van der Waals surface area contributed by atoms with Gasteiger partial charge in [0.15, 0.2) is 0 Å². The number of amides is 2. The molecule has 0 aliphatic heterocycles. The Morgan fingerprint density at radius 3 is 2.57 bits per heavy atom. The number of anilines is 2. The van der Waals surface area contributed by atoms with Crippen LogP contribution >= 0.6 is 15.9 Å². The van der Waals surface area contributed by atoms with E-state index in [1.54, 1.807) is 12.1 Å². The van der Waals surface area contributed by atoms with Gasteiger partial charge in [0.2, 0.25) is 5.91 Å². The molecule has 5 N–H and O–H groups in total. The highest BCUT2D eigenvalue weighted by Gasteiger charge is 2.14. The van der Waals surface area contributed by atoms with Crippen molar-refractivity contribution in [1.82, 2.24) is 0 Å². The highest BCUT2D eigenvalue weighted by atomic mass is 79.9. The quantitative estimate of drug-likeness (QED) is 0.741. The molecule has 0 saturated carbocycles. The van der Waals surface area contributed by atoms with Crippen LogP contribution in [-0.2, 0) is 0 Å². The van der Waals surface area contributed by atoms with E-state index in [1.807, 2.05) is 0 Å². The van der Waals surface area contributed by atoms with Crippen LogP contribution in [0.1, 0.15) is 20.7 Å². The fourth-order valence-electron chi connectivity index (χ4n) is 1.69. The second-order valence-corrected chi connectivity index (χ2v) is 5.11. The predicted octanol–water partition coefficient (Wildman–Crippen LogP) is 2.52. The monoisotopic (exact) mass is 351 g/mol. The van der Waals surface area contributed by atoms with Crippen molar-refractivity contribution in [2.75, 3.05) is 11.1 Å². The van der Waals surface area contributed by atoms with Gasteiger partial charge in [0.05, 0.1) is 11.3 Å². The molecule has 2 amide bonds. The lowest BCUT2D eigenvalue weighted by Gasteiger charge is -2.09. The van der Waals surface area contributed by atoms with Gasteiger partial charge in [-0.25, -0.2) is 4.39 Å². The zero-order chi connectivity index (χ0) is 15.6. The molecule has 0 spiro atoms. The Kier molecular flexibility index (Phi) is 4.23. The molecule has 0 saturated heterocycles. The van der Waals surface area contributed by atoms with E-state index in [9.17, 15) is 14.0 Å². The van der Waals surface area contributed by atoms with Crippen molar-refractivity contribution in [1.29, 1.82) is 0 Å². The van der Waals surface area contributed by atoms with Crippen LogP contribution < -0.4 is 16.8 Å².